The van der Waals surface area contributed by atoms with Crippen molar-refractivity contribution in [2.24, 2.45) is 0 Å². The standard InChI is InChI=1S/C10H16BO6/c1-5(2)14-9(12)7-8(17-11-16-7)10(13)15-6(3)4/h5-8H,1-4H3/t7-,8-/m1/s1. The van der Waals surface area contributed by atoms with E-state index < -0.39 is 24.1 Å². The van der Waals surface area contributed by atoms with Gasteiger partial charge in [0, 0.05) is 0 Å². The van der Waals surface area contributed by atoms with E-state index in [0.29, 0.717) is 0 Å². The van der Waals surface area contributed by atoms with Gasteiger partial charge in [-0.15, -0.1) is 0 Å². The summed E-state index contributed by atoms with van der Waals surface area (Å²) in [6.07, 6.45) is -2.76. The monoisotopic (exact) mass is 243 g/mol. The highest BCUT2D eigenvalue weighted by Gasteiger charge is 2.43. The van der Waals surface area contributed by atoms with Crippen molar-refractivity contribution in [2.75, 3.05) is 0 Å². The molecule has 95 valence electrons. The highest BCUT2D eigenvalue weighted by molar-refractivity contribution is 6.21. The van der Waals surface area contributed by atoms with E-state index in [9.17, 15) is 9.59 Å². The largest absolute Gasteiger partial charge is 0.489 e. The number of carbonyl (C=O) groups is 2. The van der Waals surface area contributed by atoms with Gasteiger partial charge < -0.3 is 18.8 Å². The Labute approximate surface area is 101 Å². The molecular formula is C10H16BO6. The summed E-state index contributed by atoms with van der Waals surface area (Å²) in [5.41, 5.74) is 0. The molecule has 0 aromatic rings. The lowest BCUT2D eigenvalue weighted by atomic mass is 10.2. The zero-order valence-electron chi connectivity index (χ0n) is 10.3. The second-order valence-electron chi connectivity index (χ2n) is 4.18. The third kappa shape index (κ3) is 4.01. The van der Waals surface area contributed by atoms with E-state index in [2.05, 4.69) is 0 Å². The van der Waals surface area contributed by atoms with Crippen LogP contribution < -0.4 is 0 Å². The Hall–Kier alpha value is -1.08. The Morgan fingerprint density at radius 3 is 1.59 bits per heavy atom. The Bertz CT molecular complexity index is 263. The van der Waals surface area contributed by atoms with E-state index in [1.54, 1.807) is 27.7 Å². The van der Waals surface area contributed by atoms with Gasteiger partial charge in [0.15, 0.2) is 12.2 Å². The zero-order valence-corrected chi connectivity index (χ0v) is 10.3. The van der Waals surface area contributed by atoms with Crippen LogP contribution >= 0.6 is 0 Å². The Morgan fingerprint density at radius 1 is 0.941 bits per heavy atom. The molecule has 0 unspecified atom stereocenters. The van der Waals surface area contributed by atoms with E-state index >= 15 is 0 Å². The van der Waals surface area contributed by atoms with Crippen LogP contribution in [0.2, 0.25) is 0 Å². The first-order valence-corrected chi connectivity index (χ1v) is 5.45. The van der Waals surface area contributed by atoms with Gasteiger partial charge in [0.05, 0.1) is 12.2 Å². The molecule has 0 spiro atoms. The maximum absolute atomic E-state index is 11.6. The molecule has 0 amide bonds. The van der Waals surface area contributed by atoms with Crippen molar-refractivity contribution in [1.82, 2.24) is 0 Å². The molecule has 2 atom stereocenters. The Kier molecular flexibility index (Phi) is 4.95. The average molecular weight is 243 g/mol. The molecule has 0 aromatic carbocycles. The van der Waals surface area contributed by atoms with Crippen molar-refractivity contribution >= 4 is 19.6 Å². The van der Waals surface area contributed by atoms with Gasteiger partial charge in [-0.05, 0) is 27.7 Å². The number of ether oxygens (including phenoxy) is 2. The van der Waals surface area contributed by atoms with Crippen LogP contribution in [-0.4, -0.2) is 44.0 Å². The molecule has 0 bridgehead atoms. The van der Waals surface area contributed by atoms with Crippen LogP contribution in [0.5, 0.6) is 0 Å². The van der Waals surface area contributed by atoms with Crippen molar-refractivity contribution in [3.05, 3.63) is 0 Å². The molecule has 1 heterocycles. The van der Waals surface area contributed by atoms with Gasteiger partial charge in [-0.25, -0.2) is 9.59 Å². The fraction of sp³-hybridized carbons (Fsp3) is 0.800. The van der Waals surface area contributed by atoms with E-state index in [1.165, 1.54) is 0 Å². The summed E-state index contributed by atoms with van der Waals surface area (Å²) in [4.78, 5) is 23.2. The summed E-state index contributed by atoms with van der Waals surface area (Å²) in [6, 6.07) is 0. The third-order valence-electron chi connectivity index (χ3n) is 1.85. The summed E-state index contributed by atoms with van der Waals surface area (Å²) >= 11 is 0. The predicted molar refractivity (Wildman–Crippen MR) is 58.0 cm³/mol. The molecule has 1 aliphatic heterocycles. The van der Waals surface area contributed by atoms with Gasteiger partial charge in [-0.2, -0.15) is 0 Å². The van der Waals surface area contributed by atoms with E-state index in [-0.39, 0.29) is 12.2 Å². The lowest BCUT2D eigenvalue weighted by Gasteiger charge is -2.18. The second kappa shape index (κ2) is 6.02. The van der Waals surface area contributed by atoms with Gasteiger partial charge >= 0.3 is 19.6 Å². The predicted octanol–water partition coefficient (Wildman–Crippen LogP) is 0.208. The maximum atomic E-state index is 11.6. The van der Waals surface area contributed by atoms with Crippen LogP contribution in [0.15, 0.2) is 0 Å². The molecule has 1 aliphatic rings. The summed E-state index contributed by atoms with van der Waals surface area (Å²) < 4.78 is 19.7. The fourth-order valence-electron chi connectivity index (χ4n) is 1.25. The van der Waals surface area contributed by atoms with Crippen molar-refractivity contribution in [3.8, 4) is 0 Å². The molecule has 1 fully saturated rings. The Morgan fingerprint density at radius 2 is 1.29 bits per heavy atom. The number of carbonyl (C=O) groups excluding carboxylic acids is 2. The first-order valence-electron chi connectivity index (χ1n) is 5.45. The molecular weight excluding hydrogens is 227 g/mol. The molecule has 0 aromatic heterocycles. The third-order valence-corrected chi connectivity index (χ3v) is 1.85. The maximum Gasteiger partial charge on any atom is 0.489 e. The molecule has 1 saturated heterocycles. The highest BCUT2D eigenvalue weighted by atomic mass is 16.7. The minimum absolute atomic E-state index is 0.284. The van der Waals surface area contributed by atoms with Crippen molar-refractivity contribution in [2.45, 2.75) is 52.1 Å². The minimum Gasteiger partial charge on any atom is -0.461 e. The summed E-state index contributed by atoms with van der Waals surface area (Å²) in [5, 5.41) is 0. The molecule has 0 saturated carbocycles. The molecule has 7 heteroatoms. The van der Waals surface area contributed by atoms with Crippen molar-refractivity contribution in [3.63, 3.8) is 0 Å². The molecule has 0 aliphatic carbocycles. The van der Waals surface area contributed by atoms with E-state index in [1.807, 2.05) is 0 Å². The number of hydrogen-bond acceptors (Lipinski definition) is 6. The minimum atomic E-state index is -1.09. The summed E-state index contributed by atoms with van der Waals surface area (Å²) in [6.45, 7) is 6.83. The molecule has 0 N–H and O–H groups in total. The van der Waals surface area contributed by atoms with Crippen molar-refractivity contribution < 1.29 is 28.4 Å². The summed E-state index contributed by atoms with van der Waals surface area (Å²) in [7, 11) is 0.957. The first-order chi connectivity index (χ1) is 7.91. The fourth-order valence-corrected chi connectivity index (χ4v) is 1.25. The van der Waals surface area contributed by atoms with Crippen LogP contribution in [0.4, 0.5) is 0 Å². The molecule has 6 nitrogen and oxygen atoms in total. The van der Waals surface area contributed by atoms with Gasteiger partial charge in [-0.1, -0.05) is 0 Å². The molecule has 1 radical (unpaired) electrons. The highest BCUT2D eigenvalue weighted by Crippen LogP contribution is 2.16. The smallest absolute Gasteiger partial charge is 0.461 e. The summed E-state index contributed by atoms with van der Waals surface area (Å²) in [5.74, 6) is -1.28. The zero-order chi connectivity index (χ0) is 13.0. The first kappa shape index (κ1) is 14.0. The van der Waals surface area contributed by atoms with Crippen LogP contribution in [0.1, 0.15) is 27.7 Å². The van der Waals surface area contributed by atoms with E-state index in [4.69, 9.17) is 18.8 Å². The average Bonchev–Trinajstić information content (AvgIpc) is 2.63. The second-order valence-corrected chi connectivity index (χ2v) is 4.18. The van der Waals surface area contributed by atoms with Gasteiger partial charge in [0.2, 0.25) is 0 Å². The van der Waals surface area contributed by atoms with Gasteiger partial charge in [0.25, 0.3) is 0 Å². The van der Waals surface area contributed by atoms with Crippen LogP contribution in [0.3, 0.4) is 0 Å². The SMILES string of the molecule is CC(C)OC(=O)[C@@H]1O[B]O[C@H]1C(=O)OC(C)C. The van der Waals surface area contributed by atoms with Crippen LogP contribution in [-0.2, 0) is 28.4 Å². The normalized spacial score (nSPS) is 23.6. The lowest BCUT2D eigenvalue weighted by molar-refractivity contribution is -0.167. The molecule has 1 rings (SSSR count). The Balaban J connectivity index is 2.59. The van der Waals surface area contributed by atoms with E-state index in [0.717, 1.165) is 7.69 Å². The number of rotatable bonds is 4. The van der Waals surface area contributed by atoms with Crippen LogP contribution in [0.25, 0.3) is 0 Å². The van der Waals surface area contributed by atoms with Crippen LogP contribution in [0, 0.1) is 0 Å². The van der Waals surface area contributed by atoms with Gasteiger partial charge in [0.1, 0.15) is 0 Å². The quantitative estimate of drug-likeness (QED) is 0.519. The van der Waals surface area contributed by atoms with Crippen molar-refractivity contribution in [1.29, 1.82) is 0 Å². The van der Waals surface area contributed by atoms with Gasteiger partial charge in [-0.3, -0.25) is 0 Å². The lowest BCUT2D eigenvalue weighted by Crippen LogP contribution is -2.40. The number of esters is 2. The topological polar surface area (TPSA) is 71.1 Å². The number of hydrogen-bond donors (Lipinski definition) is 0. The molecule has 17 heavy (non-hydrogen) atoms.